The third kappa shape index (κ3) is 4.56. The second-order valence-corrected chi connectivity index (χ2v) is 5.26. The van der Waals surface area contributed by atoms with Crippen LogP contribution < -0.4 is 5.32 Å². The number of fused-ring (bicyclic) bond motifs is 1. The van der Waals surface area contributed by atoms with Crippen LogP contribution >= 0.6 is 0 Å². The Morgan fingerprint density at radius 2 is 2.25 bits per heavy atom. The van der Waals surface area contributed by atoms with E-state index in [0.29, 0.717) is 19.8 Å². The van der Waals surface area contributed by atoms with Crippen molar-refractivity contribution in [3.05, 3.63) is 35.4 Å². The highest BCUT2D eigenvalue weighted by atomic mass is 16.5. The minimum absolute atomic E-state index is 0.133. The predicted molar refractivity (Wildman–Crippen MR) is 78.8 cm³/mol. The van der Waals surface area contributed by atoms with Crippen LogP contribution in [-0.4, -0.2) is 44.6 Å². The van der Waals surface area contributed by atoms with E-state index in [1.807, 2.05) is 0 Å². The number of methoxy groups -OCH3 is 1. The van der Waals surface area contributed by atoms with Gasteiger partial charge in [-0.15, -0.1) is 0 Å². The van der Waals surface area contributed by atoms with Crippen molar-refractivity contribution in [1.29, 1.82) is 0 Å². The first-order valence-electron chi connectivity index (χ1n) is 7.38. The molecule has 0 spiro atoms. The largest absolute Gasteiger partial charge is 0.389 e. The number of ether oxygens (including phenoxy) is 2. The summed E-state index contributed by atoms with van der Waals surface area (Å²) in [4.78, 5) is 0. The molecule has 0 heterocycles. The van der Waals surface area contributed by atoms with Gasteiger partial charge in [-0.05, 0) is 30.4 Å². The van der Waals surface area contributed by atoms with Gasteiger partial charge in [-0.25, -0.2) is 0 Å². The van der Waals surface area contributed by atoms with Crippen molar-refractivity contribution in [1.82, 2.24) is 5.32 Å². The minimum atomic E-state index is -0.471. The van der Waals surface area contributed by atoms with E-state index in [1.165, 1.54) is 11.1 Å². The predicted octanol–water partition coefficient (Wildman–Crippen LogP) is 1.68. The van der Waals surface area contributed by atoms with E-state index in [4.69, 9.17) is 9.47 Å². The van der Waals surface area contributed by atoms with Gasteiger partial charge in [-0.1, -0.05) is 24.3 Å². The van der Waals surface area contributed by atoms with Gasteiger partial charge in [0.25, 0.3) is 0 Å². The molecule has 0 aliphatic heterocycles. The van der Waals surface area contributed by atoms with Crippen LogP contribution in [0.5, 0.6) is 0 Å². The van der Waals surface area contributed by atoms with Crippen molar-refractivity contribution in [2.45, 2.75) is 31.5 Å². The van der Waals surface area contributed by atoms with Gasteiger partial charge in [0.2, 0.25) is 0 Å². The van der Waals surface area contributed by atoms with Crippen LogP contribution in [0.3, 0.4) is 0 Å². The van der Waals surface area contributed by atoms with E-state index in [2.05, 4.69) is 29.6 Å². The lowest BCUT2D eigenvalue weighted by Gasteiger charge is -2.26. The Bertz CT molecular complexity index is 397. The summed E-state index contributed by atoms with van der Waals surface area (Å²) < 4.78 is 10.8. The minimum Gasteiger partial charge on any atom is -0.389 e. The molecule has 20 heavy (non-hydrogen) atoms. The summed E-state index contributed by atoms with van der Waals surface area (Å²) in [7, 11) is 1.67. The molecule has 0 saturated carbocycles. The molecule has 2 atom stereocenters. The summed E-state index contributed by atoms with van der Waals surface area (Å²) in [5.41, 5.74) is 2.68. The zero-order valence-electron chi connectivity index (χ0n) is 12.2. The third-order valence-electron chi connectivity index (χ3n) is 3.67. The highest BCUT2D eigenvalue weighted by Crippen LogP contribution is 2.32. The van der Waals surface area contributed by atoms with Gasteiger partial charge in [-0.2, -0.15) is 0 Å². The number of rotatable bonds is 8. The molecule has 4 nitrogen and oxygen atoms in total. The van der Waals surface area contributed by atoms with Crippen molar-refractivity contribution in [2.24, 2.45) is 0 Å². The molecule has 1 aliphatic rings. The van der Waals surface area contributed by atoms with Crippen LogP contribution in [-0.2, 0) is 15.9 Å². The van der Waals surface area contributed by atoms with Crippen molar-refractivity contribution in [3.8, 4) is 0 Å². The first kappa shape index (κ1) is 15.4. The molecular formula is C16H25NO3. The molecule has 1 aliphatic carbocycles. The maximum absolute atomic E-state index is 9.90. The van der Waals surface area contributed by atoms with Crippen LogP contribution in [0.1, 0.15) is 30.1 Å². The van der Waals surface area contributed by atoms with Gasteiger partial charge in [0.1, 0.15) is 0 Å². The van der Waals surface area contributed by atoms with E-state index in [9.17, 15) is 5.11 Å². The molecule has 0 fully saturated rings. The molecule has 112 valence electrons. The molecule has 2 unspecified atom stereocenters. The average Bonchev–Trinajstić information content (AvgIpc) is 2.49. The molecule has 2 rings (SSSR count). The number of nitrogens with one attached hydrogen (secondary N) is 1. The Hall–Kier alpha value is -0.940. The smallest absolute Gasteiger partial charge is 0.0897 e. The van der Waals surface area contributed by atoms with Crippen LogP contribution in [0.25, 0.3) is 0 Å². The highest BCUT2D eigenvalue weighted by molar-refractivity contribution is 5.31. The molecule has 2 N–H and O–H groups in total. The van der Waals surface area contributed by atoms with E-state index in [0.717, 1.165) is 25.8 Å². The quantitative estimate of drug-likeness (QED) is 0.711. The van der Waals surface area contributed by atoms with Gasteiger partial charge < -0.3 is 19.9 Å². The maximum Gasteiger partial charge on any atom is 0.0897 e. The van der Waals surface area contributed by atoms with E-state index in [-0.39, 0.29) is 6.10 Å². The lowest BCUT2D eigenvalue weighted by molar-refractivity contribution is -0.0169. The Kier molecular flexibility index (Phi) is 6.47. The normalized spacial score (nSPS) is 19.6. The fourth-order valence-electron chi connectivity index (χ4n) is 2.61. The first-order valence-corrected chi connectivity index (χ1v) is 7.38. The molecule has 0 saturated heterocycles. The lowest BCUT2D eigenvalue weighted by atomic mass is 9.89. The number of aryl methyl sites for hydroxylation is 1. The number of hydrogen-bond donors (Lipinski definition) is 2. The van der Waals surface area contributed by atoms with Gasteiger partial charge in [0.05, 0.1) is 25.4 Å². The Balaban J connectivity index is 1.74. The molecule has 1 aromatic carbocycles. The fourth-order valence-corrected chi connectivity index (χ4v) is 2.61. The summed E-state index contributed by atoms with van der Waals surface area (Å²) in [6, 6.07) is 8.45. The zero-order valence-corrected chi connectivity index (χ0v) is 12.2. The number of hydrogen-bond acceptors (Lipinski definition) is 4. The third-order valence-corrected chi connectivity index (χ3v) is 3.67. The second kappa shape index (κ2) is 8.37. The lowest BCUT2D eigenvalue weighted by Crippen LogP contribution is -2.33. The van der Waals surface area contributed by atoms with Crippen molar-refractivity contribution >= 4 is 0 Å². The molecule has 1 aromatic rings. The van der Waals surface area contributed by atoms with E-state index in [1.54, 1.807) is 7.11 Å². The standard InChI is InChI=1S/C16H25NO3/c1-19-10-9-17-11-14(18)12-20-16-8-4-6-13-5-2-3-7-15(13)16/h2-3,5,7,14,16-18H,4,6,8-12H2,1H3. The Morgan fingerprint density at radius 1 is 1.40 bits per heavy atom. The summed E-state index contributed by atoms with van der Waals surface area (Å²) in [5, 5.41) is 13.0. The highest BCUT2D eigenvalue weighted by Gasteiger charge is 2.21. The van der Waals surface area contributed by atoms with Gasteiger partial charge >= 0.3 is 0 Å². The van der Waals surface area contributed by atoms with Crippen molar-refractivity contribution in [2.75, 3.05) is 33.4 Å². The average molecular weight is 279 g/mol. The maximum atomic E-state index is 9.90. The van der Waals surface area contributed by atoms with Crippen molar-refractivity contribution < 1.29 is 14.6 Å². The SMILES string of the molecule is COCCNCC(O)COC1CCCc2ccccc21. The Labute approximate surface area is 121 Å². The van der Waals surface area contributed by atoms with Crippen LogP contribution in [0, 0.1) is 0 Å². The number of aliphatic hydroxyl groups excluding tert-OH is 1. The van der Waals surface area contributed by atoms with Crippen LogP contribution in [0.15, 0.2) is 24.3 Å². The summed E-state index contributed by atoms with van der Waals surface area (Å²) in [6.45, 7) is 2.32. The second-order valence-electron chi connectivity index (χ2n) is 5.26. The summed E-state index contributed by atoms with van der Waals surface area (Å²) >= 11 is 0. The molecule has 0 aromatic heterocycles. The van der Waals surface area contributed by atoms with E-state index < -0.39 is 6.10 Å². The topological polar surface area (TPSA) is 50.7 Å². The molecule has 0 amide bonds. The number of aliphatic hydroxyl groups is 1. The molecular weight excluding hydrogens is 254 g/mol. The zero-order chi connectivity index (χ0) is 14.2. The summed E-state index contributed by atoms with van der Waals surface area (Å²) in [6.07, 6.45) is 3.00. The Morgan fingerprint density at radius 3 is 3.10 bits per heavy atom. The van der Waals surface area contributed by atoms with Crippen LogP contribution in [0.4, 0.5) is 0 Å². The monoisotopic (exact) mass is 279 g/mol. The molecule has 4 heteroatoms. The first-order chi connectivity index (χ1) is 9.81. The van der Waals surface area contributed by atoms with Gasteiger partial charge in [0, 0.05) is 20.2 Å². The van der Waals surface area contributed by atoms with Gasteiger partial charge in [-0.3, -0.25) is 0 Å². The molecule has 0 bridgehead atoms. The van der Waals surface area contributed by atoms with Crippen molar-refractivity contribution in [3.63, 3.8) is 0 Å². The van der Waals surface area contributed by atoms with E-state index >= 15 is 0 Å². The fraction of sp³-hybridized carbons (Fsp3) is 0.625. The van der Waals surface area contributed by atoms with Crippen LogP contribution in [0.2, 0.25) is 0 Å². The van der Waals surface area contributed by atoms with Gasteiger partial charge in [0.15, 0.2) is 0 Å². The molecule has 0 radical (unpaired) electrons. The summed E-state index contributed by atoms with van der Waals surface area (Å²) in [5.74, 6) is 0. The number of benzene rings is 1.